The minimum atomic E-state index is 0.211. The molecule has 0 unspecified atom stereocenters. The Balaban J connectivity index is 2.39. The molecule has 0 amide bonds. The Labute approximate surface area is 62.8 Å². The van der Waals surface area contributed by atoms with Crippen LogP contribution in [0.2, 0.25) is 0 Å². The molecule has 0 heterocycles. The first kappa shape index (κ1) is 7.80. The lowest BCUT2D eigenvalue weighted by Crippen LogP contribution is -1.95. The number of aliphatic hydroxyl groups excluding tert-OH is 1. The number of hydrogen-bond donors (Lipinski definition) is 1. The van der Waals surface area contributed by atoms with Crippen LogP contribution in [0.1, 0.15) is 32.6 Å². The first-order valence-corrected chi connectivity index (χ1v) is 4.12. The van der Waals surface area contributed by atoms with E-state index in [2.05, 4.69) is 6.92 Å². The highest BCUT2D eigenvalue weighted by atomic mass is 16.2. The van der Waals surface area contributed by atoms with E-state index in [4.69, 9.17) is 5.11 Å². The minimum Gasteiger partial charge on any atom is -0.392 e. The van der Waals surface area contributed by atoms with E-state index < -0.39 is 0 Å². The SMILES string of the molecule is CC(=CCO)C1CCCC1. The van der Waals surface area contributed by atoms with Crippen LogP contribution in [0.5, 0.6) is 0 Å². The quantitative estimate of drug-likeness (QED) is 0.582. The van der Waals surface area contributed by atoms with E-state index in [0.717, 1.165) is 5.92 Å². The van der Waals surface area contributed by atoms with Gasteiger partial charge in [0.2, 0.25) is 0 Å². The predicted molar refractivity (Wildman–Crippen MR) is 42.8 cm³/mol. The maximum atomic E-state index is 8.62. The monoisotopic (exact) mass is 140 g/mol. The van der Waals surface area contributed by atoms with Crippen molar-refractivity contribution in [1.82, 2.24) is 0 Å². The van der Waals surface area contributed by atoms with Gasteiger partial charge in [-0.3, -0.25) is 0 Å². The maximum absolute atomic E-state index is 8.62. The second-order valence-corrected chi connectivity index (χ2v) is 3.11. The van der Waals surface area contributed by atoms with E-state index in [9.17, 15) is 0 Å². The zero-order chi connectivity index (χ0) is 7.40. The van der Waals surface area contributed by atoms with Gasteiger partial charge >= 0.3 is 0 Å². The van der Waals surface area contributed by atoms with E-state index in [-0.39, 0.29) is 6.61 Å². The second kappa shape index (κ2) is 3.77. The molecule has 0 aromatic heterocycles. The van der Waals surface area contributed by atoms with Crippen LogP contribution in [0.15, 0.2) is 11.6 Å². The molecule has 1 aliphatic carbocycles. The number of aliphatic hydroxyl groups is 1. The van der Waals surface area contributed by atoms with Gasteiger partial charge in [0.25, 0.3) is 0 Å². The molecule has 1 heteroatoms. The molecular weight excluding hydrogens is 124 g/mol. The summed E-state index contributed by atoms with van der Waals surface area (Å²) in [5.41, 5.74) is 1.39. The van der Waals surface area contributed by atoms with Crippen molar-refractivity contribution in [2.45, 2.75) is 32.6 Å². The topological polar surface area (TPSA) is 20.2 Å². The zero-order valence-corrected chi connectivity index (χ0v) is 6.64. The number of allylic oxidation sites excluding steroid dienone is 1. The Kier molecular flexibility index (Phi) is 2.94. The molecule has 0 aromatic carbocycles. The summed E-state index contributed by atoms with van der Waals surface area (Å²) in [6, 6.07) is 0. The fourth-order valence-electron chi connectivity index (χ4n) is 1.69. The average Bonchev–Trinajstić information content (AvgIpc) is 2.38. The third kappa shape index (κ3) is 1.84. The smallest absolute Gasteiger partial charge is 0.0615 e. The summed E-state index contributed by atoms with van der Waals surface area (Å²) in [5.74, 6) is 0.784. The van der Waals surface area contributed by atoms with Gasteiger partial charge in [0, 0.05) is 0 Å². The molecule has 1 fully saturated rings. The Morgan fingerprint density at radius 1 is 1.50 bits per heavy atom. The zero-order valence-electron chi connectivity index (χ0n) is 6.64. The van der Waals surface area contributed by atoms with E-state index in [1.54, 1.807) is 0 Å². The Morgan fingerprint density at radius 2 is 2.10 bits per heavy atom. The summed E-state index contributed by atoms with van der Waals surface area (Å²) in [7, 11) is 0. The maximum Gasteiger partial charge on any atom is 0.0615 e. The minimum absolute atomic E-state index is 0.211. The summed E-state index contributed by atoms with van der Waals surface area (Å²) >= 11 is 0. The van der Waals surface area contributed by atoms with Crippen molar-refractivity contribution in [2.75, 3.05) is 6.61 Å². The molecule has 1 rings (SSSR count). The summed E-state index contributed by atoms with van der Waals surface area (Å²) in [6.45, 7) is 2.34. The van der Waals surface area contributed by atoms with Gasteiger partial charge in [-0.1, -0.05) is 24.5 Å². The van der Waals surface area contributed by atoms with Crippen molar-refractivity contribution in [1.29, 1.82) is 0 Å². The van der Waals surface area contributed by atoms with Gasteiger partial charge in [0.15, 0.2) is 0 Å². The van der Waals surface area contributed by atoms with Crippen molar-refractivity contribution < 1.29 is 5.11 Å². The molecule has 1 saturated carbocycles. The van der Waals surface area contributed by atoms with Crippen molar-refractivity contribution in [2.24, 2.45) is 5.92 Å². The average molecular weight is 140 g/mol. The molecule has 0 spiro atoms. The van der Waals surface area contributed by atoms with Gasteiger partial charge in [-0.2, -0.15) is 0 Å². The lowest BCUT2D eigenvalue weighted by Gasteiger charge is -2.07. The van der Waals surface area contributed by atoms with E-state index >= 15 is 0 Å². The standard InChI is InChI=1S/C9H16O/c1-8(6-7-10)9-4-2-3-5-9/h6,9-10H,2-5,7H2,1H3. The lowest BCUT2D eigenvalue weighted by atomic mass is 9.99. The molecular formula is C9H16O. The molecule has 0 bridgehead atoms. The molecule has 1 nitrogen and oxygen atoms in total. The van der Waals surface area contributed by atoms with E-state index in [0.29, 0.717) is 0 Å². The van der Waals surface area contributed by atoms with Crippen LogP contribution >= 0.6 is 0 Å². The van der Waals surface area contributed by atoms with Crippen LogP contribution < -0.4 is 0 Å². The Bertz CT molecular complexity index is 121. The number of hydrogen-bond acceptors (Lipinski definition) is 1. The summed E-state index contributed by atoms with van der Waals surface area (Å²) in [4.78, 5) is 0. The summed E-state index contributed by atoms with van der Waals surface area (Å²) < 4.78 is 0. The highest BCUT2D eigenvalue weighted by molar-refractivity contribution is 5.04. The van der Waals surface area contributed by atoms with E-state index in [1.165, 1.54) is 31.3 Å². The van der Waals surface area contributed by atoms with Crippen LogP contribution in [0.25, 0.3) is 0 Å². The van der Waals surface area contributed by atoms with Gasteiger partial charge in [-0.05, 0) is 25.7 Å². The highest BCUT2D eigenvalue weighted by Gasteiger charge is 2.15. The molecule has 0 atom stereocenters. The highest BCUT2D eigenvalue weighted by Crippen LogP contribution is 2.30. The van der Waals surface area contributed by atoms with Gasteiger partial charge in [-0.15, -0.1) is 0 Å². The molecule has 1 N–H and O–H groups in total. The van der Waals surface area contributed by atoms with Crippen LogP contribution in [0.4, 0.5) is 0 Å². The molecule has 0 radical (unpaired) electrons. The first-order valence-electron chi connectivity index (χ1n) is 4.12. The van der Waals surface area contributed by atoms with Crippen LogP contribution in [0.3, 0.4) is 0 Å². The van der Waals surface area contributed by atoms with Crippen molar-refractivity contribution in [3.63, 3.8) is 0 Å². The van der Waals surface area contributed by atoms with Crippen LogP contribution in [0, 0.1) is 5.92 Å². The summed E-state index contributed by atoms with van der Waals surface area (Å²) in [6.07, 6.45) is 7.36. The van der Waals surface area contributed by atoms with Crippen molar-refractivity contribution in [3.05, 3.63) is 11.6 Å². The van der Waals surface area contributed by atoms with Gasteiger partial charge in [0.1, 0.15) is 0 Å². The lowest BCUT2D eigenvalue weighted by molar-refractivity contribution is 0.340. The molecule has 0 aliphatic heterocycles. The van der Waals surface area contributed by atoms with Gasteiger partial charge < -0.3 is 5.11 Å². The fraction of sp³-hybridized carbons (Fsp3) is 0.778. The molecule has 0 saturated heterocycles. The molecule has 10 heavy (non-hydrogen) atoms. The molecule has 58 valence electrons. The first-order chi connectivity index (χ1) is 4.84. The van der Waals surface area contributed by atoms with Crippen LogP contribution in [-0.2, 0) is 0 Å². The molecule has 0 aromatic rings. The molecule has 1 aliphatic rings. The van der Waals surface area contributed by atoms with Gasteiger partial charge in [0.05, 0.1) is 6.61 Å². The Hall–Kier alpha value is -0.300. The summed E-state index contributed by atoms with van der Waals surface area (Å²) in [5, 5.41) is 8.62. The van der Waals surface area contributed by atoms with E-state index in [1.807, 2.05) is 6.08 Å². The predicted octanol–water partition coefficient (Wildman–Crippen LogP) is 2.12. The number of rotatable bonds is 2. The third-order valence-corrected chi connectivity index (χ3v) is 2.41. The third-order valence-electron chi connectivity index (χ3n) is 2.41. The fourth-order valence-corrected chi connectivity index (χ4v) is 1.69. The Morgan fingerprint density at radius 3 is 2.60 bits per heavy atom. The normalized spacial score (nSPS) is 22.0. The second-order valence-electron chi connectivity index (χ2n) is 3.11. The van der Waals surface area contributed by atoms with Crippen molar-refractivity contribution >= 4 is 0 Å². The largest absolute Gasteiger partial charge is 0.392 e. The van der Waals surface area contributed by atoms with Crippen LogP contribution in [-0.4, -0.2) is 11.7 Å². The van der Waals surface area contributed by atoms with Gasteiger partial charge in [-0.25, -0.2) is 0 Å². The van der Waals surface area contributed by atoms with Crippen molar-refractivity contribution in [3.8, 4) is 0 Å².